The molecule has 4 aromatic rings. The molecule has 0 spiro atoms. The van der Waals surface area contributed by atoms with Crippen LogP contribution in [0.1, 0.15) is 50.7 Å². The third kappa shape index (κ3) is 7.67. The van der Waals surface area contributed by atoms with Gasteiger partial charge in [0.1, 0.15) is 23.6 Å². The molecule has 11 heteroatoms. The number of ether oxygens (including phenoxy) is 2. The van der Waals surface area contributed by atoms with Crippen molar-refractivity contribution in [3.05, 3.63) is 119 Å². The lowest BCUT2D eigenvalue weighted by Gasteiger charge is -2.43. The molecule has 4 atom stereocenters. The first-order valence-corrected chi connectivity index (χ1v) is 19.9. The number of amides is 1. The summed E-state index contributed by atoms with van der Waals surface area (Å²) in [5, 5.41) is 4.87. The molecule has 0 radical (unpaired) electrons. The van der Waals surface area contributed by atoms with Crippen molar-refractivity contribution < 1.29 is 18.7 Å². The Labute approximate surface area is 279 Å². The van der Waals surface area contributed by atoms with Crippen LogP contribution in [0.15, 0.2) is 108 Å². The first-order valence-electron chi connectivity index (χ1n) is 15.3. The maximum Gasteiger partial charge on any atom is 0.351 e. The van der Waals surface area contributed by atoms with Crippen molar-refractivity contribution in [2.45, 2.75) is 63.0 Å². The van der Waals surface area contributed by atoms with Crippen LogP contribution >= 0.6 is 21.6 Å². The van der Waals surface area contributed by atoms with Crippen molar-refractivity contribution in [1.82, 2.24) is 9.55 Å². The highest BCUT2D eigenvalue weighted by atomic mass is 33.1. The van der Waals surface area contributed by atoms with Gasteiger partial charge in [0, 0.05) is 18.2 Å². The number of hydrogen-bond acceptors (Lipinski definition) is 8. The van der Waals surface area contributed by atoms with E-state index in [1.54, 1.807) is 58.1 Å². The maximum absolute atomic E-state index is 13.2. The minimum atomic E-state index is -2.83. The van der Waals surface area contributed by atoms with Gasteiger partial charge in [0.05, 0.1) is 12.7 Å². The molecule has 0 bridgehead atoms. The van der Waals surface area contributed by atoms with E-state index in [4.69, 9.17) is 13.9 Å². The minimum absolute atomic E-state index is 0.0943. The predicted octanol–water partition coefficient (Wildman–Crippen LogP) is 6.10. The number of carbonyl (C=O) groups excluding carboxylic acids is 1. The zero-order chi connectivity index (χ0) is 32.7. The van der Waals surface area contributed by atoms with E-state index in [2.05, 4.69) is 79.6 Å². The maximum atomic E-state index is 13.2. The molecular formula is C35H41N3O5S2Si. The lowest BCUT2D eigenvalue weighted by Crippen LogP contribution is -2.67. The first kappa shape index (κ1) is 34.1. The Morgan fingerprint density at radius 3 is 2.13 bits per heavy atom. The van der Waals surface area contributed by atoms with Gasteiger partial charge in [-0.15, -0.1) is 0 Å². The van der Waals surface area contributed by atoms with E-state index >= 15 is 0 Å². The summed E-state index contributed by atoms with van der Waals surface area (Å²) in [5.41, 5.74) is -0.133. The average Bonchev–Trinajstić information content (AvgIpc) is 3.44. The summed E-state index contributed by atoms with van der Waals surface area (Å²) in [5.74, 6) is -0.158. The van der Waals surface area contributed by atoms with Crippen LogP contribution in [-0.2, 0) is 13.9 Å². The van der Waals surface area contributed by atoms with Crippen LogP contribution in [0.5, 0.6) is 0 Å². The Morgan fingerprint density at radius 2 is 1.59 bits per heavy atom. The zero-order valence-corrected chi connectivity index (χ0v) is 29.4. The molecule has 8 nitrogen and oxygen atoms in total. The van der Waals surface area contributed by atoms with Crippen molar-refractivity contribution in [3.63, 3.8) is 0 Å². The van der Waals surface area contributed by atoms with Gasteiger partial charge in [0.2, 0.25) is 0 Å². The van der Waals surface area contributed by atoms with Crippen LogP contribution in [-0.4, -0.2) is 54.3 Å². The highest BCUT2D eigenvalue weighted by Crippen LogP contribution is 2.39. The number of benzene rings is 3. The van der Waals surface area contributed by atoms with Crippen LogP contribution in [0, 0.1) is 0 Å². The number of nitrogens with one attached hydrogen (secondary N) is 1. The number of carbonyl (C=O) groups is 1. The van der Waals surface area contributed by atoms with E-state index in [9.17, 15) is 9.59 Å². The van der Waals surface area contributed by atoms with Gasteiger partial charge >= 0.3 is 5.69 Å². The summed E-state index contributed by atoms with van der Waals surface area (Å²) in [6, 6.07) is 31.4. The molecule has 1 aliphatic heterocycles. The standard InChI is InChI=1S/C35H41N3O5S2Si/c1-25(45-44-5)42-29-23-32(38-22-21-31(37-34(38)40)36-33(39)26-15-9-6-10-16-26)43-30(29)24-41-46(35(2,3)4,27-17-11-7-12-18-27)28-19-13-8-14-20-28/h6-22,25,29-30,32H,23-24H2,1-5H3,(H,36,37,39,40)/t25-,29-,30-,32-/m1/s1. The van der Waals surface area contributed by atoms with Gasteiger partial charge in [-0.25, -0.2) is 4.79 Å². The molecule has 0 aliphatic carbocycles. The Morgan fingerprint density at radius 1 is 1.00 bits per heavy atom. The number of anilines is 1. The van der Waals surface area contributed by atoms with E-state index in [0.29, 0.717) is 18.6 Å². The normalized spacial score (nSPS) is 19.1. The third-order valence-corrected chi connectivity index (χ3v) is 15.0. The number of hydrogen-bond donors (Lipinski definition) is 1. The quantitative estimate of drug-likeness (QED) is 0.109. The Bertz CT molecular complexity index is 1600. The molecule has 3 aromatic carbocycles. The Hall–Kier alpha value is -3.19. The van der Waals surface area contributed by atoms with Crippen molar-refractivity contribution in [2.75, 3.05) is 18.2 Å². The van der Waals surface area contributed by atoms with Gasteiger partial charge in [0.15, 0.2) is 0 Å². The topological polar surface area (TPSA) is 91.7 Å². The van der Waals surface area contributed by atoms with Gasteiger partial charge in [0.25, 0.3) is 14.2 Å². The first-order chi connectivity index (χ1) is 22.1. The molecule has 46 heavy (non-hydrogen) atoms. The van der Waals surface area contributed by atoms with Crippen molar-refractivity contribution in [2.24, 2.45) is 0 Å². The molecule has 1 amide bonds. The molecule has 1 fully saturated rings. The Kier molecular flexibility index (Phi) is 11.2. The largest absolute Gasteiger partial charge is 0.405 e. The molecule has 0 saturated carbocycles. The lowest BCUT2D eigenvalue weighted by atomic mass is 10.2. The number of nitrogens with zero attached hydrogens (tertiary/aromatic N) is 2. The fourth-order valence-corrected chi connectivity index (χ4v) is 12.0. The second kappa shape index (κ2) is 15.1. The van der Waals surface area contributed by atoms with Crippen LogP contribution < -0.4 is 21.4 Å². The van der Waals surface area contributed by atoms with Crippen LogP contribution in [0.2, 0.25) is 5.04 Å². The molecule has 5 rings (SSSR count). The summed E-state index contributed by atoms with van der Waals surface area (Å²) >= 11 is 0. The zero-order valence-electron chi connectivity index (χ0n) is 26.8. The summed E-state index contributed by atoms with van der Waals surface area (Å²) in [6.07, 6.45) is 2.73. The van der Waals surface area contributed by atoms with Crippen LogP contribution in [0.4, 0.5) is 5.82 Å². The predicted molar refractivity (Wildman–Crippen MR) is 190 cm³/mol. The van der Waals surface area contributed by atoms with Gasteiger partial charge in [-0.2, -0.15) is 4.98 Å². The highest BCUT2D eigenvalue weighted by molar-refractivity contribution is 8.76. The van der Waals surface area contributed by atoms with Gasteiger partial charge in [-0.1, -0.05) is 121 Å². The fraction of sp³-hybridized carbons (Fsp3) is 0.343. The monoisotopic (exact) mass is 675 g/mol. The third-order valence-electron chi connectivity index (χ3n) is 8.08. The minimum Gasteiger partial charge on any atom is -0.405 e. The SMILES string of the molecule is CSS[C@H](C)O[C@@H]1C[C@H](n2ccc(NC(=O)c3ccccc3)nc2=O)O[C@@H]1CO[Si](c1ccccc1)(c1ccccc1)C(C)(C)C. The molecule has 1 N–H and O–H groups in total. The molecule has 1 aromatic heterocycles. The van der Waals surface area contributed by atoms with Crippen molar-refractivity contribution in [3.8, 4) is 0 Å². The summed E-state index contributed by atoms with van der Waals surface area (Å²) < 4.78 is 21.8. The van der Waals surface area contributed by atoms with Crippen LogP contribution in [0.25, 0.3) is 0 Å². The number of rotatable bonds is 12. The lowest BCUT2D eigenvalue weighted by molar-refractivity contribution is -0.0615. The van der Waals surface area contributed by atoms with Gasteiger partial charge in [-0.05, 0) is 46.8 Å². The highest BCUT2D eigenvalue weighted by Gasteiger charge is 2.51. The van der Waals surface area contributed by atoms with E-state index < -0.39 is 26.3 Å². The fourth-order valence-electron chi connectivity index (χ4n) is 6.02. The van der Waals surface area contributed by atoms with E-state index in [1.165, 1.54) is 14.9 Å². The second-order valence-corrected chi connectivity index (χ2v) is 19.2. The van der Waals surface area contributed by atoms with Crippen molar-refractivity contribution in [1.29, 1.82) is 0 Å². The van der Waals surface area contributed by atoms with Crippen LogP contribution in [0.3, 0.4) is 0 Å². The molecule has 242 valence electrons. The molecular weight excluding hydrogens is 635 g/mol. The second-order valence-electron chi connectivity index (χ2n) is 12.2. The Balaban J connectivity index is 1.41. The van der Waals surface area contributed by atoms with E-state index in [-0.39, 0.29) is 28.3 Å². The van der Waals surface area contributed by atoms with E-state index in [1.807, 2.05) is 31.4 Å². The molecule has 0 unspecified atom stereocenters. The van der Waals surface area contributed by atoms with Crippen molar-refractivity contribution >= 4 is 52.0 Å². The summed E-state index contributed by atoms with van der Waals surface area (Å²) in [6.45, 7) is 9.04. The summed E-state index contributed by atoms with van der Waals surface area (Å²) in [4.78, 5) is 30.0. The van der Waals surface area contributed by atoms with E-state index in [0.717, 1.165) is 0 Å². The molecule has 1 saturated heterocycles. The van der Waals surface area contributed by atoms with Gasteiger partial charge < -0.3 is 19.2 Å². The average molecular weight is 676 g/mol. The summed E-state index contributed by atoms with van der Waals surface area (Å²) in [7, 11) is 0.443. The smallest absolute Gasteiger partial charge is 0.351 e. The molecule has 1 aliphatic rings. The number of aromatic nitrogens is 2. The molecule has 2 heterocycles. The van der Waals surface area contributed by atoms with Gasteiger partial charge in [-0.3, -0.25) is 9.36 Å².